The average molecular weight is 464 g/mol. The van der Waals surface area contributed by atoms with Crippen molar-refractivity contribution < 1.29 is 9.59 Å². The number of rotatable bonds is 6. The largest absolute Gasteiger partial charge is 0.339 e. The molecule has 0 radical (unpaired) electrons. The van der Waals surface area contributed by atoms with Gasteiger partial charge in [-0.15, -0.1) is 10.2 Å². The number of thioether (sulfide) groups is 1. The van der Waals surface area contributed by atoms with Gasteiger partial charge in [0.2, 0.25) is 11.8 Å². The molecule has 2 heterocycles. The summed E-state index contributed by atoms with van der Waals surface area (Å²) in [5.74, 6) is 1.25. The van der Waals surface area contributed by atoms with Gasteiger partial charge in [0, 0.05) is 39.5 Å². The number of hydrogen-bond donors (Lipinski definition) is 0. The topological polar surface area (TPSA) is 71.3 Å². The second-order valence-electron chi connectivity index (χ2n) is 8.36. The molecular formula is C25H29N5O2S. The fourth-order valence-corrected chi connectivity index (χ4v) is 4.94. The van der Waals surface area contributed by atoms with E-state index in [0.29, 0.717) is 37.8 Å². The SMILES string of the molecule is CC(=O)N1CCN(C(=O)CSc2nnc(Cc3ccccc3)n2-c2ccc(C)cc2C)CC1. The lowest BCUT2D eigenvalue weighted by Gasteiger charge is -2.34. The molecule has 0 unspecified atom stereocenters. The normalized spacial score (nSPS) is 13.9. The molecule has 0 N–H and O–H groups in total. The van der Waals surface area contributed by atoms with E-state index in [-0.39, 0.29) is 17.6 Å². The molecule has 0 bridgehead atoms. The lowest BCUT2D eigenvalue weighted by Crippen LogP contribution is -2.50. The third kappa shape index (κ3) is 5.45. The van der Waals surface area contributed by atoms with Crippen molar-refractivity contribution in [2.45, 2.75) is 32.3 Å². The minimum absolute atomic E-state index is 0.0583. The minimum atomic E-state index is 0.0583. The summed E-state index contributed by atoms with van der Waals surface area (Å²) in [6.07, 6.45) is 0.655. The molecule has 3 aromatic rings. The van der Waals surface area contributed by atoms with Gasteiger partial charge >= 0.3 is 0 Å². The quantitative estimate of drug-likeness (QED) is 0.525. The maximum Gasteiger partial charge on any atom is 0.233 e. The Morgan fingerprint density at radius 3 is 2.30 bits per heavy atom. The minimum Gasteiger partial charge on any atom is -0.339 e. The third-order valence-corrected chi connectivity index (χ3v) is 6.81. The van der Waals surface area contributed by atoms with Crippen LogP contribution in [0.3, 0.4) is 0 Å². The molecule has 1 saturated heterocycles. The highest BCUT2D eigenvalue weighted by Crippen LogP contribution is 2.26. The smallest absolute Gasteiger partial charge is 0.233 e. The van der Waals surface area contributed by atoms with E-state index >= 15 is 0 Å². The number of aryl methyl sites for hydroxylation is 2. The van der Waals surface area contributed by atoms with E-state index in [0.717, 1.165) is 22.6 Å². The lowest BCUT2D eigenvalue weighted by molar-refractivity contribution is -0.136. The van der Waals surface area contributed by atoms with Crippen molar-refractivity contribution >= 4 is 23.6 Å². The van der Waals surface area contributed by atoms with Gasteiger partial charge in [-0.2, -0.15) is 0 Å². The summed E-state index contributed by atoms with van der Waals surface area (Å²) in [6, 6.07) is 16.5. The maximum atomic E-state index is 12.8. The monoisotopic (exact) mass is 463 g/mol. The zero-order chi connectivity index (χ0) is 23.4. The second kappa shape index (κ2) is 10.2. The summed E-state index contributed by atoms with van der Waals surface area (Å²) in [4.78, 5) is 28.0. The van der Waals surface area contributed by atoms with Gasteiger partial charge < -0.3 is 9.80 Å². The number of aromatic nitrogens is 3. The van der Waals surface area contributed by atoms with Crippen LogP contribution in [-0.2, 0) is 16.0 Å². The summed E-state index contributed by atoms with van der Waals surface area (Å²) >= 11 is 1.41. The number of amides is 2. The van der Waals surface area contributed by atoms with Crippen LogP contribution in [0.15, 0.2) is 53.7 Å². The highest BCUT2D eigenvalue weighted by molar-refractivity contribution is 7.99. The van der Waals surface area contributed by atoms with Crippen LogP contribution in [0.5, 0.6) is 0 Å². The van der Waals surface area contributed by atoms with E-state index in [2.05, 4.69) is 58.9 Å². The van der Waals surface area contributed by atoms with Crippen molar-refractivity contribution in [3.63, 3.8) is 0 Å². The van der Waals surface area contributed by atoms with Crippen LogP contribution in [0.4, 0.5) is 0 Å². The van der Waals surface area contributed by atoms with Crippen molar-refractivity contribution in [1.29, 1.82) is 0 Å². The Hall–Kier alpha value is -3.13. The maximum absolute atomic E-state index is 12.8. The van der Waals surface area contributed by atoms with Crippen molar-refractivity contribution in [1.82, 2.24) is 24.6 Å². The molecule has 2 amide bonds. The number of hydrogen-bond acceptors (Lipinski definition) is 5. The summed E-state index contributed by atoms with van der Waals surface area (Å²) in [6.45, 7) is 8.05. The molecule has 2 aromatic carbocycles. The zero-order valence-corrected chi connectivity index (χ0v) is 20.1. The summed E-state index contributed by atoms with van der Waals surface area (Å²) < 4.78 is 2.08. The van der Waals surface area contributed by atoms with Gasteiger partial charge in [-0.3, -0.25) is 14.2 Å². The highest BCUT2D eigenvalue weighted by Gasteiger charge is 2.24. The van der Waals surface area contributed by atoms with Gasteiger partial charge in [-0.05, 0) is 31.0 Å². The Balaban J connectivity index is 1.54. The predicted molar refractivity (Wildman–Crippen MR) is 130 cm³/mol. The molecule has 1 aliphatic rings. The molecule has 0 saturated carbocycles. The molecular weight excluding hydrogens is 434 g/mol. The summed E-state index contributed by atoms with van der Waals surface area (Å²) in [5.41, 5.74) is 4.52. The Morgan fingerprint density at radius 2 is 1.64 bits per heavy atom. The summed E-state index contributed by atoms with van der Waals surface area (Å²) in [5, 5.41) is 9.66. The van der Waals surface area contributed by atoms with Crippen molar-refractivity contribution in [2.75, 3.05) is 31.9 Å². The van der Waals surface area contributed by atoms with Crippen LogP contribution in [0.25, 0.3) is 5.69 Å². The van der Waals surface area contributed by atoms with Crippen LogP contribution < -0.4 is 0 Å². The molecule has 33 heavy (non-hydrogen) atoms. The first kappa shape index (κ1) is 23.0. The molecule has 0 atom stereocenters. The molecule has 7 nitrogen and oxygen atoms in total. The van der Waals surface area contributed by atoms with E-state index in [9.17, 15) is 9.59 Å². The molecule has 0 aliphatic carbocycles. The van der Waals surface area contributed by atoms with E-state index < -0.39 is 0 Å². The van der Waals surface area contributed by atoms with Crippen LogP contribution in [0, 0.1) is 13.8 Å². The predicted octanol–water partition coefficient (Wildman–Crippen LogP) is 3.26. The van der Waals surface area contributed by atoms with Gasteiger partial charge in [-0.25, -0.2) is 0 Å². The molecule has 172 valence electrons. The first-order valence-corrected chi connectivity index (χ1v) is 12.1. The van der Waals surface area contributed by atoms with Crippen molar-refractivity contribution in [3.8, 4) is 5.69 Å². The second-order valence-corrected chi connectivity index (χ2v) is 9.30. The Bertz CT molecular complexity index is 1140. The van der Waals surface area contributed by atoms with Crippen molar-refractivity contribution in [3.05, 3.63) is 71.0 Å². The first-order chi connectivity index (χ1) is 15.9. The Kier molecular flexibility index (Phi) is 7.13. The average Bonchev–Trinajstić information content (AvgIpc) is 3.20. The van der Waals surface area contributed by atoms with Crippen LogP contribution in [0.1, 0.15) is 29.4 Å². The van der Waals surface area contributed by atoms with Crippen molar-refractivity contribution in [2.24, 2.45) is 0 Å². The van der Waals surface area contributed by atoms with E-state index in [1.54, 1.807) is 11.8 Å². The van der Waals surface area contributed by atoms with Crippen LogP contribution >= 0.6 is 11.8 Å². The number of benzene rings is 2. The number of nitrogens with zero attached hydrogens (tertiary/aromatic N) is 5. The zero-order valence-electron chi connectivity index (χ0n) is 19.3. The molecule has 8 heteroatoms. The van der Waals surface area contributed by atoms with E-state index in [4.69, 9.17) is 0 Å². The van der Waals surface area contributed by atoms with Gasteiger partial charge in [0.15, 0.2) is 5.16 Å². The van der Waals surface area contributed by atoms with Gasteiger partial charge in [0.25, 0.3) is 0 Å². The highest BCUT2D eigenvalue weighted by atomic mass is 32.2. The first-order valence-electron chi connectivity index (χ1n) is 11.1. The Labute approximate surface area is 198 Å². The molecule has 1 fully saturated rings. The van der Waals surface area contributed by atoms with Gasteiger partial charge in [0.1, 0.15) is 5.82 Å². The number of piperazine rings is 1. The number of carbonyl (C=O) groups is 2. The standard InChI is InChI=1S/C25H29N5O2S/c1-18-9-10-22(19(2)15-18)30-23(16-21-7-5-4-6-8-21)26-27-25(30)33-17-24(32)29-13-11-28(12-14-29)20(3)31/h4-10,15H,11-14,16-17H2,1-3H3. The Morgan fingerprint density at radius 1 is 0.939 bits per heavy atom. The van der Waals surface area contributed by atoms with Gasteiger partial charge in [-0.1, -0.05) is 59.8 Å². The molecule has 1 aliphatic heterocycles. The molecule has 0 spiro atoms. The number of carbonyl (C=O) groups excluding carboxylic acids is 2. The van der Waals surface area contributed by atoms with E-state index in [1.165, 1.54) is 17.3 Å². The molecule has 1 aromatic heterocycles. The van der Waals surface area contributed by atoms with Crippen LogP contribution in [0.2, 0.25) is 0 Å². The lowest BCUT2D eigenvalue weighted by atomic mass is 10.1. The fraction of sp³-hybridized carbons (Fsp3) is 0.360. The fourth-order valence-electron chi connectivity index (χ4n) is 4.07. The summed E-state index contributed by atoms with van der Waals surface area (Å²) in [7, 11) is 0. The third-order valence-electron chi connectivity index (χ3n) is 5.90. The van der Waals surface area contributed by atoms with Gasteiger partial charge in [0.05, 0.1) is 11.4 Å². The molecule has 4 rings (SSSR count). The van der Waals surface area contributed by atoms with Crippen LogP contribution in [-0.4, -0.2) is 68.3 Å². The van der Waals surface area contributed by atoms with E-state index in [1.807, 2.05) is 23.1 Å².